The van der Waals surface area contributed by atoms with Crippen molar-refractivity contribution in [2.75, 3.05) is 6.54 Å². The Kier molecular flexibility index (Phi) is 4.21. The molecule has 0 spiro atoms. The molecule has 1 aromatic carbocycles. The lowest BCUT2D eigenvalue weighted by atomic mass is 9.66. The summed E-state index contributed by atoms with van der Waals surface area (Å²) in [6.07, 6.45) is 0. The van der Waals surface area contributed by atoms with Crippen LogP contribution in [0.15, 0.2) is 18.2 Å². The topological polar surface area (TPSA) is 124 Å². The first kappa shape index (κ1) is 16.6. The Bertz CT molecular complexity index is 783. The number of nitrogens with one attached hydrogen (secondary N) is 1. The highest BCUT2D eigenvalue weighted by Gasteiger charge is 2.52. The Labute approximate surface area is 135 Å². The van der Waals surface area contributed by atoms with Crippen molar-refractivity contribution in [3.8, 4) is 6.07 Å². The van der Waals surface area contributed by atoms with Crippen LogP contribution in [0.3, 0.4) is 0 Å². The highest BCUT2D eigenvalue weighted by molar-refractivity contribution is 6.33. The second kappa shape index (κ2) is 5.82. The van der Waals surface area contributed by atoms with Crippen LogP contribution < -0.4 is 5.32 Å². The number of hydrogen-bond acceptors (Lipinski definition) is 5. The molecule has 2 N–H and O–H groups in total. The third-order valence-corrected chi connectivity index (χ3v) is 3.94. The third-order valence-electron chi connectivity index (χ3n) is 3.70. The molecular weight excluding hydrogens is 324 g/mol. The summed E-state index contributed by atoms with van der Waals surface area (Å²) in [6.45, 7) is 0.577. The van der Waals surface area contributed by atoms with E-state index in [-0.39, 0.29) is 16.1 Å². The number of ketones is 2. The molecular formula is C15H11ClN2O5. The minimum atomic E-state index is -1.77. The van der Waals surface area contributed by atoms with Gasteiger partial charge in [-0.3, -0.25) is 19.2 Å². The number of carboxylic acid groups (broad SMARTS) is 1. The maximum Gasteiger partial charge on any atom is 0.322 e. The van der Waals surface area contributed by atoms with Crippen LogP contribution in [0, 0.1) is 17.2 Å². The number of carbonyl (C=O) groups is 4. The second-order valence-electron chi connectivity index (χ2n) is 5.20. The van der Waals surface area contributed by atoms with Gasteiger partial charge in [-0.25, -0.2) is 0 Å². The first-order valence-corrected chi connectivity index (χ1v) is 6.89. The number of carbonyl (C=O) groups excluding carboxylic acids is 3. The van der Waals surface area contributed by atoms with E-state index in [2.05, 4.69) is 0 Å². The van der Waals surface area contributed by atoms with Crippen molar-refractivity contribution in [3.05, 3.63) is 34.3 Å². The normalized spacial score (nSPS) is 22.9. The zero-order chi connectivity index (χ0) is 17.4. The van der Waals surface area contributed by atoms with E-state index < -0.39 is 41.3 Å². The summed E-state index contributed by atoms with van der Waals surface area (Å²) in [5, 5.41) is 20.2. The van der Waals surface area contributed by atoms with Gasteiger partial charge >= 0.3 is 5.97 Å². The number of hydrogen-bond donors (Lipinski definition) is 2. The van der Waals surface area contributed by atoms with Crippen molar-refractivity contribution >= 4 is 35.0 Å². The molecule has 1 unspecified atom stereocenters. The van der Waals surface area contributed by atoms with E-state index in [1.165, 1.54) is 25.1 Å². The summed E-state index contributed by atoms with van der Waals surface area (Å²) in [4.78, 5) is 47.6. The van der Waals surface area contributed by atoms with Crippen LogP contribution in [0.2, 0.25) is 5.02 Å². The molecule has 118 valence electrons. The molecule has 7 nitrogen and oxygen atoms in total. The molecule has 1 amide bonds. The summed E-state index contributed by atoms with van der Waals surface area (Å²) in [5.41, 5.74) is -1.50. The van der Waals surface area contributed by atoms with Gasteiger partial charge in [-0.2, -0.15) is 5.26 Å². The molecule has 0 radical (unpaired) electrons. The van der Waals surface area contributed by atoms with Gasteiger partial charge in [0.25, 0.3) is 0 Å². The summed E-state index contributed by atoms with van der Waals surface area (Å²) in [5.74, 6) is -5.83. The molecule has 0 saturated carbocycles. The summed E-state index contributed by atoms with van der Waals surface area (Å²) >= 11 is 5.85. The minimum Gasteiger partial charge on any atom is -0.480 e. The number of aliphatic carboxylic acids is 1. The number of benzene rings is 1. The molecule has 0 bridgehead atoms. The van der Waals surface area contributed by atoms with Crippen molar-refractivity contribution in [3.63, 3.8) is 0 Å². The molecule has 1 aliphatic rings. The summed E-state index contributed by atoms with van der Waals surface area (Å²) in [7, 11) is 0. The summed E-state index contributed by atoms with van der Waals surface area (Å²) < 4.78 is 0. The molecule has 2 atom stereocenters. The second-order valence-corrected chi connectivity index (χ2v) is 5.64. The van der Waals surface area contributed by atoms with Crippen LogP contribution >= 0.6 is 11.6 Å². The Morgan fingerprint density at radius 2 is 2.09 bits per heavy atom. The van der Waals surface area contributed by atoms with Crippen LogP contribution in [0.4, 0.5) is 0 Å². The van der Waals surface area contributed by atoms with E-state index in [1.807, 2.05) is 11.4 Å². The predicted octanol–water partition coefficient (Wildman–Crippen LogP) is 0.704. The largest absolute Gasteiger partial charge is 0.480 e. The molecule has 0 aromatic heterocycles. The first-order chi connectivity index (χ1) is 10.7. The maximum absolute atomic E-state index is 12.5. The van der Waals surface area contributed by atoms with Gasteiger partial charge in [-0.05, 0) is 24.6 Å². The van der Waals surface area contributed by atoms with E-state index in [9.17, 15) is 24.4 Å². The maximum atomic E-state index is 12.5. The van der Waals surface area contributed by atoms with Crippen LogP contribution in [0.1, 0.15) is 22.8 Å². The van der Waals surface area contributed by atoms with Gasteiger partial charge in [0.05, 0.1) is 6.07 Å². The van der Waals surface area contributed by atoms with Crippen molar-refractivity contribution in [1.82, 2.24) is 5.32 Å². The van der Waals surface area contributed by atoms with Crippen molar-refractivity contribution < 1.29 is 24.3 Å². The number of nitrogens with zero attached hydrogens (tertiary/aromatic N) is 1. The van der Waals surface area contributed by atoms with Crippen molar-refractivity contribution in [1.29, 1.82) is 5.26 Å². The predicted molar refractivity (Wildman–Crippen MR) is 77.9 cm³/mol. The minimum absolute atomic E-state index is 0.0108. The Morgan fingerprint density at radius 3 is 2.65 bits per heavy atom. The highest BCUT2D eigenvalue weighted by Crippen LogP contribution is 2.38. The van der Waals surface area contributed by atoms with Gasteiger partial charge in [-0.1, -0.05) is 17.7 Å². The van der Waals surface area contributed by atoms with Crippen LogP contribution in [0.5, 0.6) is 0 Å². The Balaban J connectivity index is 2.54. The molecule has 8 heteroatoms. The molecule has 1 aromatic rings. The number of carboxylic acids is 1. The molecule has 0 heterocycles. The molecule has 0 aliphatic heterocycles. The highest BCUT2D eigenvalue weighted by atomic mass is 35.5. The standard InChI is InChI=1S/C15H11ClN2O5/c1-15(6-17)9-3-2-7(16)4-8(9)12(21)11(13(15)22)14(23)18-5-10(19)20/h2-4,11H,5H2,1H3,(H,18,23)(H,19,20)/t11?,15-/m1/s1. The molecule has 0 saturated heterocycles. The van der Waals surface area contributed by atoms with Crippen LogP contribution in [-0.4, -0.2) is 35.1 Å². The summed E-state index contributed by atoms with van der Waals surface area (Å²) in [6, 6.07) is 5.98. The average Bonchev–Trinajstić information content (AvgIpc) is 2.50. The van der Waals surface area contributed by atoms with Crippen molar-refractivity contribution in [2.45, 2.75) is 12.3 Å². The number of amides is 1. The lowest BCUT2D eigenvalue weighted by molar-refractivity contribution is -0.140. The molecule has 23 heavy (non-hydrogen) atoms. The molecule has 1 aliphatic carbocycles. The molecule has 2 rings (SSSR count). The SMILES string of the molecule is C[C@]1(C#N)C(=O)C(C(=O)NCC(=O)O)C(=O)c2cc(Cl)ccc21. The fourth-order valence-electron chi connectivity index (χ4n) is 2.47. The fraction of sp³-hybridized carbons (Fsp3) is 0.267. The van der Waals surface area contributed by atoms with Crippen LogP contribution in [-0.2, 0) is 19.8 Å². The monoisotopic (exact) mass is 334 g/mol. The Morgan fingerprint density at radius 1 is 1.43 bits per heavy atom. The van der Waals surface area contributed by atoms with Gasteiger partial charge in [-0.15, -0.1) is 0 Å². The van der Waals surface area contributed by atoms with Crippen molar-refractivity contribution in [2.24, 2.45) is 5.92 Å². The number of fused-ring (bicyclic) bond motifs is 1. The Hall–Kier alpha value is -2.72. The number of rotatable bonds is 3. The fourth-order valence-corrected chi connectivity index (χ4v) is 2.64. The van der Waals surface area contributed by atoms with Crippen LogP contribution in [0.25, 0.3) is 0 Å². The zero-order valence-electron chi connectivity index (χ0n) is 11.9. The quantitative estimate of drug-likeness (QED) is 0.784. The van der Waals surface area contributed by atoms with E-state index in [0.717, 1.165) is 0 Å². The lowest BCUT2D eigenvalue weighted by Gasteiger charge is -2.32. The third kappa shape index (κ3) is 2.69. The smallest absolute Gasteiger partial charge is 0.322 e. The van der Waals surface area contributed by atoms with Gasteiger partial charge in [0.2, 0.25) is 5.91 Å². The van der Waals surface area contributed by atoms with Gasteiger partial charge in [0.15, 0.2) is 17.5 Å². The van der Waals surface area contributed by atoms with E-state index in [0.29, 0.717) is 0 Å². The zero-order valence-corrected chi connectivity index (χ0v) is 12.7. The number of halogens is 1. The van der Waals surface area contributed by atoms with E-state index >= 15 is 0 Å². The van der Waals surface area contributed by atoms with E-state index in [1.54, 1.807) is 0 Å². The van der Waals surface area contributed by atoms with E-state index in [4.69, 9.17) is 16.7 Å². The lowest BCUT2D eigenvalue weighted by Crippen LogP contribution is -2.52. The first-order valence-electron chi connectivity index (χ1n) is 6.51. The van der Waals surface area contributed by atoms with Gasteiger partial charge in [0.1, 0.15) is 12.0 Å². The average molecular weight is 335 g/mol. The molecule has 0 fully saturated rings. The number of nitriles is 1. The van der Waals surface area contributed by atoms with Gasteiger partial charge < -0.3 is 10.4 Å². The van der Waals surface area contributed by atoms with Gasteiger partial charge in [0, 0.05) is 10.6 Å². The number of Topliss-reactive ketones (excluding diaryl/α,β-unsaturated/α-hetero) is 2.